The number of aryl methyl sites for hydroxylation is 1. The van der Waals surface area contributed by atoms with Crippen LogP contribution >= 0.6 is 11.6 Å². The van der Waals surface area contributed by atoms with E-state index >= 15 is 0 Å². The van der Waals surface area contributed by atoms with Gasteiger partial charge in [0.1, 0.15) is 18.4 Å². The predicted octanol–water partition coefficient (Wildman–Crippen LogP) is 5.17. The average Bonchev–Trinajstić information content (AvgIpc) is 2.89. The van der Waals surface area contributed by atoms with Crippen LogP contribution in [-0.4, -0.2) is 44.3 Å². The van der Waals surface area contributed by atoms with E-state index in [0.717, 1.165) is 15.9 Å². The number of nitrogens with one attached hydrogen (secondary N) is 1. The molecule has 0 aliphatic carbocycles. The van der Waals surface area contributed by atoms with Gasteiger partial charge in [0.05, 0.1) is 10.6 Å². The molecule has 0 aliphatic rings. The highest BCUT2D eigenvalue weighted by atomic mass is 35.5. The van der Waals surface area contributed by atoms with E-state index in [9.17, 15) is 22.4 Å². The van der Waals surface area contributed by atoms with Gasteiger partial charge in [0.25, 0.3) is 10.0 Å². The third-order valence-corrected chi connectivity index (χ3v) is 8.11. The van der Waals surface area contributed by atoms with Crippen molar-refractivity contribution in [3.05, 3.63) is 94.8 Å². The molecule has 3 aromatic carbocycles. The summed E-state index contributed by atoms with van der Waals surface area (Å²) in [5.41, 5.74) is 1.22. The highest BCUT2D eigenvalue weighted by Crippen LogP contribution is 2.27. The summed E-state index contributed by atoms with van der Waals surface area (Å²) >= 11 is 6.14. The lowest BCUT2D eigenvalue weighted by molar-refractivity contribution is -0.139. The number of halogens is 2. The van der Waals surface area contributed by atoms with Crippen LogP contribution in [0.1, 0.15) is 31.9 Å². The molecule has 0 aliphatic heterocycles. The third-order valence-electron chi connectivity index (χ3n) is 6.10. The molecule has 0 radical (unpaired) electrons. The van der Waals surface area contributed by atoms with E-state index in [1.165, 1.54) is 35.2 Å². The van der Waals surface area contributed by atoms with Gasteiger partial charge < -0.3 is 10.2 Å². The summed E-state index contributed by atoms with van der Waals surface area (Å²) in [6, 6.07) is 17.3. The van der Waals surface area contributed by atoms with Crippen molar-refractivity contribution >= 4 is 39.1 Å². The summed E-state index contributed by atoms with van der Waals surface area (Å²) in [6.07, 6.45) is 0. The first-order valence-electron chi connectivity index (χ1n) is 12.6. The summed E-state index contributed by atoms with van der Waals surface area (Å²) in [7, 11) is -4.34. The van der Waals surface area contributed by atoms with Crippen LogP contribution in [0, 0.1) is 18.7 Å². The van der Waals surface area contributed by atoms with Crippen molar-refractivity contribution in [2.24, 2.45) is 5.92 Å². The van der Waals surface area contributed by atoms with Crippen LogP contribution in [0.2, 0.25) is 5.02 Å². The minimum Gasteiger partial charge on any atom is -0.354 e. The van der Waals surface area contributed by atoms with E-state index in [4.69, 9.17) is 11.6 Å². The Morgan fingerprint density at radius 2 is 1.64 bits per heavy atom. The molecule has 7 nitrogen and oxygen atoms in total. The van der Waals surface area contributed by atoms with Gasteiger partial charge in [0, 0.05) is 18.1 Å². The fraction of sp³-hybridized carbons (Fsp3) is 0.310. The SMILES string of the molecule is Cc1ccc(S(=O)(=O)N(CC(=O)N(Cc2cccc(Cl)c2)[C@H](C)C(=O)NCC(C)C)c2ccccc2F)cc1. The Kier molecular flexibility index (Phi) is 10.1. The smallest absolute Gasteiger partial charge is 0.264 e. The van der Waals surface area contributed by atoms with Crippen molar-refractivity contribution in [2.45, 2.75) is 45.2 Å². The Labute approximate surface area is 234 Å². The number of sulfonamides is 1. The number of carbonyl (C=O) groups excluding carboxylic acids is 2. The van der Waals surface area contributed by atoms with Crippen LogP contribution in [0.3, 0.4) is 0 Å². The molecular formula is C29H33ClFN3O4S. The molecule has 0 fully saturated rings. The molecule has 3 aromatic rings. The minimum absolute atomic E-state index is 0.00858. The average molecular weight is 574 g/mol. The second-order valence-electron chi connectivity index (χ2n) is 9.74. The summed E-state index contributed by atoms with van der Waals surface area (Å²) in [4.78, 5) is 28.0. The molecule has 208 valence electrons. The van der Waals surface area contributed by atoms with Crippen LogP contribution in [0.5, 0.6) is 0 Å². The fourth-order valence-corrected chi connectivity index (χ4v) is 5.51. The van der Waals surface area contributed by atoms with Gasteiger partial charge in [-0.2, -0.15) is 0 Å². The number of carbonyl (C=O) groups is 2. The lowest BCUT2D eigenvalue weighted by Crippen LogP contribution is -2.51. The molecule has 39 heavy (non-hydrogen) atoms. The molecular weight excluding hydrogens is 541 g/mol. The van der Waals surface area contributed by atoms with Gasteiger partial charge in [-0.15, -0.1) is 0 Å². The second kappa shape index (κ2) is 13.1. The van der Waals surface area contributed by atoms with Crippen molar-refractivity contribution in [1.82, 2.24) is 10.2 Å². The normalized spacial score (nSPS) is 12.2. The largest absolute Gasteiger partial charge is 0.354 e. The second-order valence-corrected chi connectivity index (χ2v) is 12.0. The monoisotopic (exact) mass is 573 g/mol. The highest BCUT2D eigenvalue weighted by molar-refractivity contribution is 7.92. The van der Waals surface area contributed by atoms with Crippen LogP contribution in [0.4, 0.5) is 10.1 Å². The number of amides is 2. The summed E-state index contributed by atoms with van der Waals surface area (Å²) in [6.45, 7) is 6.95. The molecule has 0 saturated heterocycles. The Morgan fingerprint density at radius 1 is 0.974 bits per heavy atom. The molecule has 10 heteroatoms. The maximum Gasteiger partial charge on any atom is 0.264 e. The van der Waals surface area contributed by atoms with Crippen LogP contribution in [0.25, 0.3) is 0 Å². The molecule has 3 rings (SSSR count). The molecule has 1 N–H and O–H groups in total. The first kappa shape index (κ1) is 30.1. The topological polar surface area (TPSA) is 86.8 Å². The Morgan fingerprint density at radius 3 is 2.26 bits per heavy atom. The number of hydrogen-bond acceptors (Lipinski definition) is 4. The van der Waals surface area contributed by atoms with E-state index in [2.05, 4.69) is 5.32 Å². The molecule has 0 spiro atoms. The number of nitrogens with zero attached hydrogens (tertiary/aromatic N) is 2. The van der Waals surface area contributed by atoms with Crippen molar-refractivity contribution < 1.29 is 22.4 Å². The zero-order valence-corrected chi connectivity index (χ0v) is 24.0. The van der Waals surface area contributed by atoms with Gasteiger partial charge in [0.15, 0.2) is 0 Å². The third kappa shape index (κ3) is 7.80. The maximum atomic E-state index is 14.9. The van der Waals surface area contributed by atoms with Crippen LogP contribution < -0.4 is 9.62 Å². The van der Waals surface area contributed by atoms with Gasteiger partial charge >= 0.3 is 0 Å². The number of rotatable bonds is 11. The Hall–Kier alpha value is -3.43. The lowest BCUT2D eigenvalue weighted by atomic mass is 10.1. The van der Waals surface area contributed by atoms with Crippen molar-refractivity contribution in [1.29, 1.82) is 0 Å². The number of para-hydroxylation sites is 1. The van der Waals surface area contributed by atoms with Gasteiger partial charge in [-0.25, -0.2) is 12.8 Å². The molecule has 1 atom stereocenters. The number of benzene rings is 3. The van der Waals surface area contributed by atoms with Gasteiger partial charge in [-0.1, -0.05) is 67.4 Å². The molecule has 0 bridgehead atoms. The summed E-state index contributed by atoms with van der Waals surface area (Å²) in [5, 5.41) is 3.27. The van der Waals surface area contributed by atoms with Gasteiger partial charge in [-0.3, -0.25) is 13.9 Å². The quantitative estimate of drug-likeness (QED) is 0.343. The number of anilines is 1. The van der Waals surface area contributed by atoms with E-state index in [0.29, 0.717) is 17.1 Å². The lowest BCUT2D eigenvalue weighted by Gasteiger charge is -2.32. The molecule has 0 heterocycles. The van der Waals surface area contributed by atoms with Gasteiger partial charge in [0.2, 0.25) is 11.8 Å². The van der Waals surface area contributed by atoms with Crippen molar-refractivity contribution in [3.8, 4) is 0 Å². The summed E-state index contributed by atoms with van der Waals surface area (Å²) in [5.74, 6) is -1.68. The Bertz CT molecular complexity index is 1410. The Balaban J connectivity index is 2.02. The standard InChI is InChI=1S/C29H33ClFN3O4S/c1-20(2)17-32-29(36)22(4)33(18-23-8-7-9-24(30)16-23)28(35)19-34(27-11-6-5-10-26(27)31)39(37,38)25-14-12-21(3)13-15-25/h5-16,20,22H,17-19H2,1-4H3,(H,32,36)/t22-/m1/s1. The van der Waals surface area contributed by atoms with Crippen LogP contribution in [0.15, 0.2) is 77.7 Å². The summed E-state index contributed by atoms with van der Waals surface area (Å²) < 4.78 is 43.2. The van der Waals surface area contributed by atoms with Crippen molar-refractivity contribution in [3.63, 3.8) is 0 Å². The maximum absolute atomic E-state index is 14.9. The fourth-order valence-electron chi connectivity index (χ4n) is 3.87. The van der Waals surface area contributed by atoms with E-state index in [1.807, 2.05) is 20.8 Å². The van der Waals surface area contributed by atoms with E-state index in [-0.39, 0.29) is 23.0 Å². The highest BCUT2D eigenvalue weighted by Gasteiger charge is 2.33. The molecule has 2 amide bonds. The molecule has 0 saturated carbocycles. The zero-order valence-electron chi connectivity index (χ0n) is 22.4. The van der Waals surface area contributed by atoms with Crippen LogP contribution in [-0.2, 0) is 26.2 Å². The molecule has 0 aromatic heterocycles. The van der Waals surface area contributed by atoms with E-state index < -0.39 is 40.2 Å². The predicted molar refractivity (Wildman–Crippen MR) is 151 cm³/mol. The van der Waals surface area contributed by atoms with Crippen molar-refractivity contribution in [2.75, 3.05) is 17.4 Å². The number of hydrogen-bond donors (Lipinski definition) is 1. The van der Waals surface area contributed by atoms with E-state index in [1.54, 1.807) is 43.3 Å². The van der Waals surface area contributed by atoms with Gasteiger partial charge in [-0.05, 0) is 61.7 Å². The first-order chi connectivity index (χ1) is 18.4. The molecule has 0 unspecified atom stereocenters. The minimum atomic E-state index is -4.34. The zero-order chi connectivity index (χ0) is 28.7. The first-order valence-corrected chi connectivity index (χ1v) is 14.4.